The molecule has 0 spiro atoms. The summed E-state index contributed by atoms with van der Waals surface area (Å²) in [6.07, 6.45) is 0. The van der Waals surface area contributed by atoms with Gasteiger partial charge in [-0.1, -0.05) is 12.1 Å². The molecule has 5 nitrogen and oxygen atoms in total. The maximum Gasteiger partial charge on any atom is 0.258 e. The molecule has 0 radical (unpaired) electrons. The molecule has 0 aliphatic rings. The lowest BCUT2D eigenvalue weighted by Gasteiger charge is -2.11. The molecule has 132 valence electrons. The van der Waals surface area contributed by atoms with E-state index in [9.17, 15) is 14.0 Å². The third kappa shape index (κ3) is 5.04. The van der Waals surface area contributed by atoms with Crippen molar-refractivity contribution in [2.24, 2.45) is 0 Å². The van der Waals surface area contributed by atoms with Crippen LogP contribution in [0.1, 0.15) is 28.4 Å². The smallest absolute Gasteiger partial charge is 0.258 e. The van der Waals surface area contributed by atoms with Gasteiger partial charge in [0.15, 0.2) is 12.4 Å². The van der Waals surface area contributed by atoms with Crippen molar-refractivity contribution in [3.63, 3.8) is 0 Å². The fourth-order valence-corrected chi connectivity index (χ4v) is 2.25. The normalized spacial score (nSPS) is 10.2. The van der Waals surface area contributed by atoms with Crippen LogP contribution in [0.15, 0.2) is 36.4 Å². The van der Waals surface area contributed by atoms with Gasteiger partial charge in [-0.05, 0) is 49.2 Å². The van der Waals surface area contributed by atoms with Gasteiger partial charge in [0, 0.05) is 6.54 Å². The number of nitrogens with one attached hydrogen (secondary N) is 1. The Kier molecular flexibility index (Phi) is 6.11. The highest BCUT2D eigenvalue weighted by Crippen LogP contribution is 2.24. The molecule has 2 rings (SSSR count). The Balaban J connectivity index is 1.93. The van der Waals surface area contributed by atoms with Crippen LogP contribution < -0.4 is 14.8 Å². The third-order valence-electron chi connectivity index (χ3n) is 3.64. The topological polar surface area (TPSA) is 64.6 Å². The lowest BCUT2D eigenvalue weighted by atomic mass is 10.1. The van der Waals surface area contributed by atoms with E-state index in [1.807, 2.05) is 0 Å². The van der Waals surface area contributed by atoms with Crippen molar-refractivity contribution < 1.29 is 23.5 Å². The van der Waals surface area contributed by atoms with Crippen molar-refractivity contribution in [2.75, 3.05) is 13.7 Å². The predicted molar refractivity (Wildman–Crippen MR) is 91.5 cm³/mol. The van der Waals surface area contributed by atoms with Gasteiger partial charge in [-0.2, -0.15) is 0 Å². The van der Waals surface area contributed by atoms with Crippen molar-refractivity contribution in [1.29, 1.82) is 0 Å². The lowest BCUT2D eigenvalue weighted by molar-refractivity contribution is -0.123. The maximum atomic E-state index is 13.2. The van der Waals surface area contributed by atoms with Crippen LogP contribution in [0, 0.1) is 12.7 Å². The molecule has 0 aromatic heterocycles. The molecule has 1 N–H and O–H groups in total. The molecule has 0 bridgehead atoms. The average Bonchev–Trinajstić information content (AvgIpc) is 2.60. The molecule has 0 atom stereocenters. The van der Waals surface area contributed by atoms with Crippen molar-refractivity contribution in [2.45, 2.75) is 20.4 Å². The molecule has 0 saturated carbocycles. The van der Waals surface area contributed by atoms with E-state index in [2.05, 4.69) is 5.32 Å². The molecule has 0 unspecified atom stereocenters. The summed E-state index contributed by atoms with van der Waals surface area (Å²) in [7, 11) is 1.50. The molecule has 2 aromatic rings. The van der Waals surface area contributed by atoms with Crippen LogP contribution in [0.3, 0.4) is 0 Å². The highest BCUT2D eigenvalue weighted by atomic mass is 19.1. The Morgan fingerprint density at radius 1 is 1.16 bits per heavy atom. The second kappa shape index (κ2) is 8.28. The van der Waals surface area contributed by atoms with Crippen LogP contribution in [0.2, 0.25) is 0 Å². The summed E-state index contributed by atoms with van der Waals surface area (Å²) in [5.41, 5.74) is 1.66. The summed E-state index contributed by atoms with van der Waals surface area (Å²) < 4.78 is 23.7. The molecular weight excluding hydrogens is 325 g/mol. The van der Waals surface area contributed by atoms with Crippen LogP contribution >= 0.6 is 0 Å². The van der Waals surface area contributed by atoms with Crippen LogP contribution in [-0.4, -0.2) is 25.4 Å². The number of carbonyl (C=O) groups excluding carboxylic acids is 2. The van der Waals surface area contributed by atoms with Crippen LogP contribution in [0.4, 0.5) is 4.39 Å². The quantitative estimate of drug-likeness (QED) is 0.784. The Morgan fingerprint density at radius 2 is 1.92 bits per heavy atom. The van der Waals surface area contributed by atoms with Gasteiger partial charge in [-0.25, -0.2) is 4.39 Å². The number of Topliss-reactive ketones (excluding diaryl/α,β-unsaturated/α-hetero) is 1. The first-order valence-electron chi connectivity index (χ1n) is 7.74. The zero-order valence-corrected chi connectivity index (χ0v) is 14.4. The number of hydrogen-bond acceptors (Lipinski definition) is 4. The number of ketones is 1. The number of methoxy groups -OCH3 is 1. The monoisotopic (exact) mass is 345 g/mol. The summed E-state index contributed by atoms with van der Waals surface area (Å²) in [5, 5.41) is 2.69. The summed E-state index contributed by atoms with van der Waals surface area (Å²) in [6, 6.07) is 9.46. The molecule has 0 fully saturated rings. The van der Waals surface area contributed by atoms with E-state index in [4.69, 9.17) is 9.47 Å². The van der Waals surface area contributed by atoms with Gasteiger partial charge in [-0.3, -0.25) is 9.59 Å². The summed E-state index contributed by atoms with van der Waals surface area (Å²) >= 11 is 0. The van der Waals surface area contributed by atoms with Gasteiger partial charge in [-0.15, -0.1) is 0 Å². The number of hydrogen-bond donors (Lipinski definition) is 1. The molecule has 0 aliphatic heterocycles. The molecule has 25 heavy (non-hydrogen) atoms. The first kappa shape index (κ1) is 18.4. The highest BCUT2D eigenvalue weighted by Gasteiger charge is 2.12. The summed E-state index contributed by atoms with van der Waals surface area (Å²) in [6.45, 7) is 3.12. The van der Waals surface area contributed by atoms with E-state index in [0.717, 1.165) is 5.56 Å². The molecule has 2 aromatic carbocycles. The lowest BCUT2D eigenvalue weighted by Crippen LogP contribution is -2.28. The number of carbonyl (C=O) groups is 2. The second-order valence-corrected chi connectivity index (χ2v) is 5.57. The molecular formula is C19H20FNO4. The van der Waals surface area contributed by atoms with Gasteiger partial charge in [0.05, 0.1) is 12.7 Å². The minimum Gasteiger partial charge on any atom is -0.497 e. The Hall–Kier alpha value is -2.89. The fourth-order valence-electron chi connectivity index (χ4n) is 2.25. The third-order valence-corrected chi connectivity index (χ3v) is 3.64. The molecule has 0 saturated heterocycles. The zero-order chi connectivity index (χ0) is 18.4. The Labute approximate surface area is 145 Å². The maximum absolute atomic E-state index is 13.2. The van der Waals surface area contributed by atoms with Gasteiger partial charge in [0.25, 0.3) is 5.91 Å². The zero-order valence-electron chi connectivity index (χ0n) is 14.4. The SMILES string of the molecule is COc1ccc(OCC(=O)NCc2ccc(F)c(C)c2)c(C(C)=O)c1. The fraction of sp³-hybridized carbons (Fsp3) is 0.263. The minimum atomic E-state index is -0.340. The van der Waals surface area contributed by atoms with Crippen molar-refractivity contribution in [3.05, 3.63) is 58.9 Å². The molecule has 0 heterocycles. The Bertz CT molecular complexity index is 789. The Morgan fingerprint density at radius 3 is 2.56 bits per heavy atom. The summed E-state index contributed by atoms with van der Waals surface area (Å²) in [5.74, 6) is 0.0489. The molecule has 1 amide bonds. The van der Waals surface area contributed by atoms with Crippen molar-refractivity contribution in [3.8, 4) is 11.5 Å². The summed E-state index contributed by atoms with van der Waals surface area (Å²) in [4.78, 5) is 23.6. The largest absolute Gasteiger partial charge is 0.497 e. The van der Waals surface area contributed by atoms with Gasteiger partial charge >= 0.3 is 0 Å². The number of halogens is 1. The number of benzene rings is 2. The van der Waals surface area contributed by atoms with E-state index in [0.29, 0.717) is 22.6 Å². The standard InChI is InChI=1S/C19H20FNO4/c1-12-8-14(4-6-17(12)20)10-21-19(23)11-25-18-7-5-15(24-3)9-16(18)13(2)22/h4-9H,10-11H2,1-3H3,(H,21,23). The van der Waals surface area contributed by atoms with Gasteiger partial charge in [0.2, 0.25) is 0 Å². The second-order valence-electron chi connectivity index (χ2n) is 5.57. The average molecular weight is 345 g/mol. The van der Waals surface area contributed by atoms with Gasteiger partial charge in [0.1, 0.15) is 17.3 Å². The number of amides is 1. The minimum absolute atomic E-state index is 0.184. The first-order valence-corrected chi connectivity index (χ1v) is 7.74. The van der Waals surface area contributed by atoms with E-state index in [-0.39, 0.29) is 30.7 Å². The van der Waals surface area contributed by atoms with Crippen LogP contribution in [-0.2, 0) is 11.3 Å². The van der Waals surface area contributed by atoms with E-state index < -0.39 is 0 Å². The van der Waals surface area contributed by atoms with E-state index in [1.54, 1.807) is 37.3 Å². The number of rotatable bonds is 7. The van der Waals surface area contributed by atoms with Crippen molar-refractivity contribution >= 4 is 11.7 Å². The predicted octanol–water partition coefficient (Wildman–Crippen LogP) is 3.04. The van der Waals surface area contributed by atoms with Crippen molar-refractivity contribution in [1.82, 2.24) is 5.32 Å². The van der Waals surface area contributed by atoms with E-state index >= 15 is 0 Å². The first-order chi connectivity index (χ1) is 11.9. The van der Waals surface area contributed by atoms with Crippen LogP contribution in [0.25, 0.3) is 0 Å². The number of ether oxygens (including phenoxy) is 2. The van der Waals surface area contributed by atoms with Crippen LogP contribution in [0.5, 0.6) is 11.5 Å². The number of aryl methyl sites for hydroxylation is 1. The molecule has 0 aliphatic carbocycles. The van der Waals surface area contributed by atoms with Gasteiger partial charge < -0.3 is 14.8 Å². The van der Waals surface area contributed by atoms with E-state index in [1.165, 1.54) is 20.1 Å². The molecule has 6 heteroatoms. The highest BCUT2D eigenvalue weighted by molar-refractivity contribution is 5.97.